The van der Waals surface area contributed by atoms with Crippen LogP contribution in [0, 0.1) is 11.6 Å². The van der Waals surface area contributed by atoms with E-state index in [9.17, 15) is 23.2 Å². The van der Waals surface area contributed by atoms with Crippen molar-refractivity contribution in [2.24, 2.45) is 0 Å². The predicted octanol–water partition coefficient (Wildman–Crippen LogP) is 3.11. The largest absolute Gasteiger partial charge is 0.497 e. The summed E-state index contributed by atoms with van der Waals surface area (Å²) in [5, 5.41) is 2.51. The Morgan fingerprint density at radius 2 is 1.88 bits per heavy atom. The molecule has 2 unspecified atom stereocenters. The number of carbonyl (C=O) groups is 3. The Morgan fingerprint density at radius 3 is 2.56 bits per heavy atom. The first-order valence-corrected chi connectivity index (χ1v) is 10.8. The van der Waals surface area contributed by atoms with Crippen molar-refractivity contribution in [2.75, 3.05) is 27.3 Å². The number of likely N-dealkylation sites (tertiary alicyclic amines) is 1. The number of ether oxygens (including phenoxy) is 2. The molecule has 0 aliphatic carbocycles. The van der Waals surface area contributed by atoms with Crippen molar-refractivity contribution in [1.82, 2.24) is 15.1 Å². The van der Waals surface area contributed by atoms with E-state index in [0.717, 1.165) is 29.0 Å². The summed E-state index contributed by atoms with van der Waals surface area (Å²) in [5.41, 5.74) is -0.761. The third kappa shape index (κ3) is 3.93. The van der Waals surface area contributed by atoms with E-state index < -0.39 is 41.6 Å². The van der Waals surface area contributed by atoms with Gasteiger partial charge >= 0.3 is 6.03 Å². The number of nitrogens with one attached hydrogen (secondary N) is 1. The maximum atomic E-state index is 13.8. The second-order valence-electron chi connectivity index (χ2n) is 8.43. The van der Waals surface area contributed by atoms with Gasteiger partial charge in [0.1, 0.15) is 23.6 Å². The van der Waals surface area contributed by atoms with E-state index in [2.05, 4.69) is 5.32 Å². The fourth-order valence-electron chi connectivity index (χ4n) is 4.56. The highest BCUT2D eigenvalue weighted by Crippen LogP contribution is 2.39. The van der Waals surface area contributed by atoms with Crippen molar-refractivity contribution in [1.29, 1.82) is 0 Å². The van der Waals surface area contributed by atoms with Crippen molar-refractivity contribution in [3.05, 3.63) is 59.2 Å². The van der Waals surface area contributed by atoms with Gasteiger partial charge in [0.15, 0.2) is 11.6 Å². The first-order valence-electron chi connectivity index (χ1n) is 10.8. The lowest BCUT2D eigenvalue weighted by Gasteiger charge is -2.28. The average Bonchev–Trinajstić information content (AvgIpc) is 3.40. The molecule has 2 aliphatic heterocycles. The molecule has 2 aromatic carbocycles. The summed E-state index contributed by atoms with van der Waals surface area (Å²) in [7, 11) is 3.09. The van der Waals surface area contributed by atoms with Crippen LogP contribution in [0.4, 0.5) is 13.6 Å². The van der Waals surface area contributed by atoms with Crippen molar-refractivity contribution < 1.29 is 32.6 Å². The number of methoxy groups -OCH3 is 2. The van der Waals surface area contributed by atoms with Crippen LogP contribution in [0.25, 0.3) is 0 Å². The molecule has 2 saturated heterocycles. The van der Waals surface area contributed by atoms with E-state index in [1.807, 2.05) is 6.07 Å². The van der Waals surface area contributed by atoms with Crippen LogP contribution < -0.4 is 14.8 Å². The van der Waals surface area contributed by atoms with Crippen LogP contribution in [-0.2, 0) is 15.1 Å². The van der Waals surface area contributed by atoms with Crippen LogP contribution in [0.2, 0.25) is 0 Å². The molecule has 2 atom stereocenters. The van der Waals surface area contributed by atoms with Gasteiger partial charge in [-0.2, -0.15) is 0 Å². The summed E-state index contributed by atoms with van der Waals surface area (Å²) in [6.07, 6.45) is 1.42. The van der Waals surface area contributed by atoms with Gasteiger partial charge in [-0.1, -0.05) is 6.07 Å². The Morgan fingerprint density at radius 1 is 1.12 bits per heavy atom. The molecule has 2 aromatic rings. The molecule has 0 bridgehead atoms. The monoisotopic (exact) mass is 473 g/mol. The predicted molar refractivity (Wildman–Crippen MR) is 117 cm³/mol. The first kappa shape index (κ1) is 23.5. The molecule has 0 radical (unpaired) electrons. The fourth-order valence-corrected chi connectivity index (χ4v) is 4.56. The van der Waals surface area contributed by atoms with Crippen LogP contribution in [0.3, 0.4) is 0 Å². The van der Waals surface area contributed by atoms with Gasteiger partial charge in [0.25, 0.3) is 5.91 Å². The van der Waals surface area contributed by atoms with Crippen LogP contribution in [0.1, 0.15) is 36.9 Å². The fraction of sp³-hybridized carbons (Fsp3) is 0.375. The number of hydrogen-bond donors (Lipinski definition) is 1. The molecule has 34 heavy (non-hydrogen) atoms. The molecule has 2 fully saturated rings. The van der Waals surface area contributed by atoms with Gasteiger partial charge in [-0.3, -0.25) is 14.5 Å². The third-order valence-electron chi connectivity index (χ3n) is 6.43. The Kier molecular flexibility index (Phi) is 6.16. The SMILES string of the molecule is COc1ccc(OC)c(C2CCCN2C(=O)CN2C(=O)NC(C)(c3ccc(F)c(F)c3)C2=O)c1. The maximum Gasteiger partial charge on any atom is 0.325 e. The molecular formula is C24H25F2N3O5. The highest BCUT2D eigenvalue weighted by atomic mass is 19.2. The van der Waals surface area contributed by atoms with E-state index in [1.54, 1.807) is 31.3 Å². The van der Waals surface area contributed by atoms with Gasteiger partial charge in [-0.05, 0) is 55.7 Å². The number of hydrogen-bond acceptors (Lipinski definition) is 5. The zero-order chi connectivity index (χ0) is 24.6. The second kappa shape index (κ2) is 8.92. The topological polar surface area (TPSA) is 88.2 Å². The zero-order valence-corrected chi connectivity index (χ0v) is 19.1. The summed E-state index contributed by atoms with van der Waals surface area (Å²) in [6.45, 7) is 1.37. The number of nitrogens with zero attached hydrogens (tertiary/aromatic N) is 2. The number of urea groups is 1. The Bertz CT molecular complexity index is 1160. The first-order chi connectivity index (χ1) is 16.2. The molecule has 0 saturated carbocycles. The number of benzene rings is 2. The molecule has 4 rings (SSSR count). The summed E-state index contributed by atoms with van der Waals surface area (Å²) >= 11 is 0. The molecule has 1 N–H and O–H groups in total. The van der Waals surface area contributed by atoms with Crippen molar-refractivity contribution in [3.8, 4) is 11.5 Å². The average molecular weight is 473 g/mol. The normalized spacial score (nSPS) is 22.2. The molecule has 10 heteroatoms. The Balaban J connectivity index is 1.56. The lowest BCUT2D eigenvalue weighted by molar-refractivity contribution is -0.139. The van der Waals surface area contributed by atoms with Crippen molar-refractivity contribution in [3.63, 3.8) is 0 Å². The van der Waals surface area contributed by atoms with E-state index in [-0.39, 0.29) is 11.6 Å². The van der Waals surface area contributed by atoms with Gasteiger partial charge in [-0.25, -0.2) is 13.6 Å². The maximum absolute atomic E-state index is 13.8. The Labute approximate surface area is 195 Å². The van der Waals surface area contributed by atoms with E-state index >= 15 is 0 Å². The molecular weight excluding hydrogens is 448 g/mol. The third-order valence-corrected chi connectivity index (χ3v) is 6.43. The number of rotatable bonds is 6. The molecule has 0 spiro atoms. The minimum atomic E-state index is -1.62. The summed E-state index contributed by atoms with van der Waals surface area (Å²) in [6, 6.07) is 7.23. The molecule has 8 nitrogen and oxygen atoms in total. The van der Waals surface area contributed by atoms with Gasteiger partial charge in [0, 0.05) is 12.1 Å². The van der Waals surface area contributed by atoms with Crippen LogP contribution >= 0.6 is 0 Å². The second-order valence-corrected chi connectivity index (χ2v) is 8.43. The van der Waals surface area contributed by atoms with Crippen LogP contribution in [0.5, 0.6) is 11.5 Å². The van der Waals surface area contributed by atoms with Gasteiger partial charge in [0.2, 0.25) is 5.91 Å². The zero-order valence-electron chi connectivity index (χ0n) is 19.1. The van der Waals surface area contributed by atoms with Crippen molar-refractivity contribution in [2.45, 2.75) is 31.3 Å². The smallest absolute Gasteiger partial charge is 0.325 e. The Hall–Kier alpha value is -3.69. The lowest BCUT2D eigenvalue weighted by Crippen LogP contribution is -2.44. The van der Waals surface area contributed by atoms with E-state index in [0.29, 0.717) is 24.5 Å². The summed E-state index contributed by atoms with van der Waals surface area (Å²) < 4.78 is 37.9. The summed E-state index contributed by atoms with van der Waals surface area (Å²) in [5.74, 6) is -2.11. The van der Waals surface area contributed by atoms with Gasteiger partial charge in [0.05, 0.1) is 20.3 Å². The number of imide groups is 1. The van der Waals surface area contributed by atoms with Crippen LogP contribution in [0.15, 0.2) is 36.4 Å². The molecule has 4 amide bonds. The van der Waals surface area contributed by atoms with Gasteiger partial charge in [-0.15, -0.1) is 0 Å². The molecule has 2 heterocycles. The van der Waals surface area contributed by atoms with Crippen LogP contribution in [-0.4, -0.2) is 55.0 Å². The highest BCUT2D eigenvalue weighted by Gasteiger charge is 2.50. The molecule has 2 aliphatic rings. The lowest BCUT2D eigenvalue weighted by atomic mass is 9.92. The molecule has 0 aromatic heterocycles. The van der Waals surface area contributed by atoms with Crippen molar-refractivity contribution >= 4 is 17.8 Å². The van der Waals surface area contributed by atoms with Gasteiger partial charge < -0.3 is 19.7 Å². The quantitative estimate of drug-likeness (QED) is 0.652. The number of carbonyl (C=O) groups excluding carboxylic acids is 3. The molecule has 180 valence electrons. The minimum Gasteiger partial charge on any atom is -0.497 e. The minimum absolute atomic E-state index is 0.0832. The summed E-state index contributed by atoms with van der Waals surface area (Å²) in [4.78, 5) is 41.4. The van der Waals surface area contributed by atoms with E-state index in [1.165, 1.54) is 13.0 Å². The standard InChI is InChI=1S/C24H25F2N3O5/c1-24(14-6-8-17(25)18(26)11-14)22(31)29(23(32)27-24)13-21(30)28-10-4-5-19(28)16-12-15(33-2)7-9-20(16)34-3/h6-9,11-12,19H,4-5,10,13H2,1-3H3,(H,27,32). The number of halogens is 2. The number of amides is 4. The van der Waals surface area contributed by atoms with E-state index in [4.69, 9.17) is 9.47 Å². The highest BCUT2D eigenvalue weighted by molar-refractivity contribution is 6.09.